The van der Waals surface area contributed by atoms with E-state index in [2.05, 4.69) is 27.8 Å². The average Bonchev–Trinajstić information content (AvgIpc) is 3.06. The second-order valence-corrected chi connectivity index (χ2v) is 12.8. The molecule has 3 aromatic carbocycles. The molecular weight excluding hydrogens is 562 g/mol. The summed E-state index contributed by atoms with van der Waals surface area (Å²) in [5, 5.41) is 7.20. The molecule has 226 valence electrons. The van der Waals surface area contributed by atoms with Gasteiger partial charge >= 0.3 is 0 Å². The molecule has 45 heavy (non-hydrogen) atoms. The number of nitrogens with one attached hydrogen (secondary N) is 2. The summed E-state index contributed by atoms with van der Waals surface area (Å²) < 4.78 is 1.44. The van der Waals surface area contributed by atoms with Crippen molar-refractivity contribution < 1.29 is 9.59 Å². The standard InChI is InChI=1S/C37H35N5O3/c1-37(2)21-26-10-6-7-11-29(26)32(44)33(37)42-34-27(20-30(35(42)45)31(43)25-8-4-3-5-9-25)22-39-36(41-34)40-28-14-12-23(13-15-28)24-16-18-38-19-17-24/h3-15,20,22,24,33,38H,16-19,21H2,1-2H3,(H,39,40,41). The van der Waals surface area contributed by atoms with E-state index in [0.29, 0.717) is 40.4 Å². The predicted octanol–water partition coefficient (Wildman–Crippen LogP) is 6.24. The summed E-state index contributed by atoms with van der Waals surface area (Å²) in [7, 11) is 0. The normalized spacial score (nSPS) is 18.0. The molecule has 3 heterocycles. The first-order valence-corrected chi connectivity index (χ1v) is 15.5. The molecule has 0 radical (unpaired) electrons. The summed E-state index contributed by atoms with van der Waals surface area (Å²) in [5.41, 5.74) is 3.16. The van der Waals surface area contributed by atoms with Gasteiger partial charge in [0.1, 0.15) is 11.7 Å². The molecule has 1 aliphatic heterocycles. The molecule has 0 bridgehead atoms. The monoisotopic (exact) mass is 597 g/mol. The van der Waals surface area contributed by atoms with Crippen LogP contribution in [0.2, 0.25) is 0 Å². The fourth-order valence-corrected chi connectivity index (χ4v) is 6.92. The second-order valence-electron chi connectivity index (χ2n) is 12.8. The fraction of sp³-hybridized carbons (Fsp3) is 0.270. The number of rotatable bonds is 6. The Morgan fingerprint density at radius 3 is 2.40 bits per heavy atom. The number of hydrogen-bond donors (Lipinski definition) is 2. The maximum atomic E-state index is 14.4. The zero-order valence-electron chi connectivity index (χ0n) is 25.4. The summed E-state index contributed by atoms with van der Waals surface area (Å²) in [6.45, 7) is 6.03. The Morgan fingerprint density at radius 2 is 1.64 bits per heavy atom. The summed E-state index contributed by atoms with van der Waals surface area (Å²) in [6.07, 6.45) is 4.44. The number of carbonyl (C=O) groups is 2. The number of hydrogen-bond acceptors (Lipinski definition) is 7. The minimum absolute atomic E-state index is 0.0195. The van der Waals surface area contributed by atoms with Gasteiger partial charge in [-0.25, -0.2) is 4.98 Å². The van der Waals surface area contributed by atoms with Gasteiger partial charge in [0.15, 0.2) is 11.6 Å². The van der Waals surface area contributed by atoms with Gasteiger partial charge in [-0.3, -0.25) is 19.0 Å². The molecule has 1 unspecified atom stereocenters. The Hall–Kier alpha value is -4.95. The van der Waals surface area contributed by atoms with Crippen molar-refractivity contribution in [3.05, 3.63) is 129 Å². The van der Waals surface area contributed by atoms with Crippen LogP contribution < -0.4 is 16.2 Å². The van der Waals surface area contributed by atoms with Crippen LogP contribution in [0.5, 0.6) is 0 Å². The molecule has 0 amide bonds. The van der Waals surface area contributed by atoms with Crippen molar-refractivity contribution in [3.63, 3.8) is 0 Å². The van der Waals surface area contributed by atoms with Crippen molar-refractivity contribution in [2.45, 2.75) is 45.1 Å². The molecule has 8 nitrogen and oxygen atoms in total. The summed E-state index contributed by atoms with van der Waals surface area (Å²) >= 11 is 0. The lowest BCUT2D eigenvalue weighted by Gasteiger charge is -2.39. The lowest BCUT2D eigenvalue weighted by atomic mass is 9.69. The molecule has 1 saturated heterocycles. The number of anilines is 2. The van der Waals surface area contributed by atoms with Crippen LogP contribution in [0, 0.1) is 5.41 Å². The van der Waals surface area contributed by atoms with Crippen molar-refractivity contribution in [2.24, 2.45) is 5.41 Å². The van der Waals surface area contributed by atoms with Crippen LogP contribution in [-0.4, -0.2) is 39.2 Å². The number of ketones is 2. The summed E-state index contributed by atoms with van der Waals surface area (Å²) in [6, 6.07) is 25.2. The van der Waals surface area contributed by atoms with Gasteiger partial charge in [0.2, 0.25) is 5.95 Å². The lowest BCUT2D eigenvalue weighted by Crippen LogP contribution is -2.45. The highest BCUT2D eigenvalue weighted by Gasteiger charge is 2.44. The van der Waals surface area contributed by atoms with Gasteiger partial charge in [0, 0.05) is 28.4 Å². The molecule has 1 fully saturated rings. The van der Waals surface area contributed by atoms with E-state index in [1.807, 2.05) is 56.3 Å². The van der Waals surface area contributed by atoms with Crippen molar-refractivity contribution in [2.75, 3.05) is 18.4 Å². The minimum atomic E-state index is -0.877. The first-order chi connectivity index (χ1) is 21.8. The number of pyridine rings is 1. The van der Waals surface area contributed by atoms with E-state index in [9.17, 15) is 14.4 Å². The quantitative estimate of drug-likeness (QED) is 0.223. The Balaban J connectivity index is 1.34. The molecule has 0 spiro atoms. The highest BCUT2D eigenvalue weighted by atomic mass is 16.2. The molecule has 2 aliphatic rings. The zero-order valence-corrected chi connectivity index (χ0v) is 25.4. The topological polar surface area (TPSA) is 106 Å². The molecule has 1 atom stereocenters. The smallest absolute Gasteiger partial charge is 0.264 e. The highest BCUT2D eigenvalue weighted by molar-refractivity contribution is 6.10. The molecule has 8 heteroatoms. The first kappa shape index (κ1) is 28.8. The number of piperidine rings is 1. The molecule has 7 rings (SSSR count). The molecule has 2 N–H and O–H groups in total. The van der Waals surface area contributed by atoms with Crippen molar-refractivity contribution >= 4 is 34.2 Å². The van der Waals surface area contributed by atoms with Crippen molar-refractivity contribution in [1.82, 2.24) is 19.9 Å². The number of aromatic nitrogens is 3. The van der Waals surface area contributed by atoms with E-state index in [4.69, 9.17) is 4.98 Å². The molecule has 1 aliphatic carbocycles. The Morgan fingerprint density at radius 1 is 0.933 bits per heavy atom. The lowest BCUT2D eigenvalue weighted by molar-refractivity contribution is 0.0777. The summed E-state index contributed by atoms with van der Waals surface area (Å²) in [4.78, 5) is 51.7. The molecule has 2 aromatic heterocycles. The zero-order chi connectivity index (χ0) is 31.1. The fourth-order valence-electron chi connectivity index (χ4n) is 6.92. The molecule has 5 aromatic rings. The summed E-state index contributed by atoms with van der Waals surface area (Å²) in [5.74, 6) is 0.264. The van der Waals surface area contributed by atoms with Crippen LogP contribution in [0.3, 0.4) is 0 Å². The second kappa shape index (κ2) is 11.5. The van der Waals surface area contributed by atoms with Crippen LogP contribution in [0.15, 0.2) is 95.9 Å². The number of benzene rings is 3. The third kappa shape index (κ3) is 5.36. The van der Waals surface area contributed by atoms with Crippen LogP contribution in [0.1, 0.15) is 76.1 Å². The SMILES string of the molecule is CC1(C)Cc2ccccc2C(=O)C1n1c(=O)c(C(=O)c2ccccc2)cc2cnc(Nc3ccc(C4CCNCC4)cc3)nc21. The van der Waals surface area contributed by atoms with E-state index < -0.39 is 22.8 Å². The van der Waals surface area contributed by atoms with Gasteiger partial charge < -0.3 is 10.6 Å². The number of fused-ring (bicyclic) bond motifs is 2. The van der Waals surface area contributed by atoms with E-state index in [-0.39, 0.29) is 11.3 Å². The van der Waals surface area contributed by atoms with Crippen LogP contribution in [0.4, 0.5) is 11.6 Å². The maximum Gasteiger partial charge on any atom is 0.264 e. The first-order valence-electron chi connectivity index (χ1n) is 15.5. The number of carbonyl (C=O) groups excluding carboxylic acids is 2. The van der Waals surface area contributed by atoms with Crippen LogP contribution in [0.25, 0.3) is 11.0 Å². The molecular formula is C37H35N5O3. The van der Waals surface area contributed by atoms with E-state index in [1.165, 1.54) is 10.1 Å². The Labute approximate surface area is 261 Å². The minimum Gasteiger partial charge on any atom is -0.324 e. The van der Waals surface area contributed by atoms with E-state index >= 15 is 0 Å². The van der Waals surface area contributed by atoms with E-state index in [0.717, 1.165) is 37.2 Å². The Kier molecular flexibility index (Phi) is 7.37. The number of nitrogens with zero attached hydrogens (tertiary/aromatic N) is 3. The van der Waals surface area contributed by atoms with Crippen molar-refractivity contribution in [1.29, 1.82) is 0 Å². The van der Waals surface area contributed by atoms with Gasteiger partial charge in [-0.15, -0.1) is 0 Å². The van der Waals surface area contributed by atoms with Gasteiger partial charge in [-0.05, 0) is 73.0 Å². The number of Topliss-reactive ketones (excluding diaryl/α,β-unsaturated/α-hetero) is 1. The van der Waals surface area contributed by atoms with Gasteiger partial charge in [-0.2, -0.15) is 4.98 Å². The Bertz CT molecular complexity index is 1980. The van der Waals surface area contributed by atoms with Gasteiger partial charge in [0.25, 0.3) is 5.56 Å². The largest absolute Gasteiger partial charge is 0.324 e. The maximum absolute atomic E-state index is 14.4. The highest BCUT2D eigenvalue weighted by Crippen LogP contribution is 2.43. The van der Waals surface area contributed by atoms with Crippen LogP contribution in [-0.2, 0) is 6.42 Å². The van der Waals surface area contributed by atoms with Crippen LogP contribution >= 0.6 is 0 Å². The predicted molar refractivity (Wildman–Crippen MR) is 176 cm³/mol. The van der Waals surface area contributed by atoms with Gasteiger partial charge in [-0.1, -0.05) is 80.6 Å². The van der Waals surface area contributed by atoms with E-state index in [1.54, 1.807) is 36.5 Å². The van der Waals surface area contributed by atoms with Crippen molar-refractivity contribution in [3.8, 4) is 0 Å². The third-order valence-corrected chi connectivity index (χ3v) is 9.21. The average molecular weight is 598 g/mol. The van der Waals surface area contributed by atoms with Gasteiger partial charge in [0.05, 0.1) is 5.56 Å². The third-order valence-electron chi connectivity index (χ3n) is 9.21. The molecule has 0 saturated carbocycles.